The van der Waals surface area contributed by atoms with Gasteiger partial charge in [0.1, 0.15) is 0 Å². The summed E-state index contributed by atoms with van der Waals surface area (Å²) in [6, 6.07) is 0. The number of hydrogen-bond donors (Lipinski definition) is 0. The second-order valence-electron chi connectivity index (χ2n) is 0. The van der Waals surface area contributed by atoms with E-state index in [2.05, 4.69) is 6.92 Å². The van der Waals surface area contributed by atoms with Crippen LogP contribution in [0.5, 0.6) is 0 Å². The van der Waals surface area contributed by atoms with E-state index in [4.69, 9.17) is 0 Å². The van der Waals surface area contributed by atoms with E-state index in [1.165, 1.54) is 0 Å². The van der Waals surface area contributed by atoms with Crippen LogP contribution in [0.2, 0.25) is 0 Å². The molecular weight excluding hydrogens is 137 g/mol. The topological polar surface area (TPSA) is 0 Å². The van der Waals surface area contributed by atoms with E-state index >= 15 is 0 Å². The fourth-order valence-corrected chi connectivity index (χ4v) is 0. The molecule has 0 rings (SSSR count). The van der Waals surface area contributed by atoms with Crippen molar-refractivity contribution in [1.29, 1.82) is 0 Å². The van der Waals surface area contributed by atoms with Crippen molar-refractivity contribution in [3.8, 4) is 0 Å². The molecule has 30 valence electrons. The fraction of sp³-hybridized carbons (Fsp3) is 0.250. The van der Waals surface area contributed by atoms with E-state index in [1.807, 2.05) is 0 Å². The van der Waals surface area contributed by atoms with Gasteiger partial charge in [-0.2, -0.15) is 6.92 Å². The quantitative estimate of drug-likeness (QED) is 0.459. The molecule has 0 amide bonds. The fourth-order valence-electron chi connectivity index (χ4n) is 0. The van der Waals surface area contributed by atoms with Gasteiger partial charge >= 0.3 is 32.7 Å². The van der Waals surface area contributed by atoms with Crippen LogP contribution in [0.3, 0.4) is 0 Å². The van der Waals surface area contributed by atoms with E-state index in [1.54, 1.807) is 6.92 Å². The first kappa shape index (κ1) is 35.9. The summed E-state index contributed by atoms with van der Waals surface area (Å²) < 4.78 is 0. The van der Waals surface area contributed by atoms with Crippen LogP contribution in [0, 0.1) is 21.8 Å². The minimum atomic E-state index is 0. The summed E-state index contributed by atoms with van der Waals surface area (Å²) in [6.45, 7) is 5.00. The Morgan fingerprint density at radius 1 is 1.00 bits per heavy atom. The Balaban J connectivity index is -0.00000000167. The molecule has 1 heteroatoms. The first-order valence-corrected chi connectivity index (χ1v) is 0.707. The Labute approximate surface area is 61.2 Å². The van der Waals surface area contributed by atoms with Crippen LogP contribution in [-0.2, 0) is 32.7 Å². The normalized spacial score (nSPS) is 1.20. The smallest absolute Gasteiger partial charge is 0.358 e. The zero-order chi connectivity index (χ0) is 2.00. The van der Waals surface area contributed by atoms with Crippen molar-refractivity contribution in [3.05, 3.63) is 21.8 Å². The summed E-state index contributed by atoms with van der Waals surface area (Å²) >= 11 is 0. The summed E-state index contributed by atoms with van der Waals surface area (Å²) in [5.41, 5.74) is 0. The second-order valence-corrected chi connectivity index (χ2v) is 0. The summed E-state index contributed by atoms with van der Waals surface area (Å²) in [7, 11) is 0. The molecule has 5 heavy (non-hydrogen) atoms. The molecule has 0 aromatic carbocycles. The van der Waals surface area contributed by atoms with Crippen molar-refractivity contribution in [2.45, 2.75) is 6.92 Å². The minimum Gasteiger partial charge on any atom is -0.358 e. The largest absolute Gasteiger partial charge is 3.00 e. The Morgan fingerprint density at radius 3 is 1.00 bits per heavy atom. The SMILES string of the molecule is [CH2-]C.[CH3-].[CH3-].[Y+3]. The van der Waals surface area contributed by atoms with Gasteiger partial charge in [-0.3, -0.25) is 0 Å². The molecular formula is C4H11Y. The van der Waals surface area contributed by atoms with Gasteiger partial charge in [0.25, 0.3) is 0 Å². The Bertz CT molecular complexity index is 3.61. The van der Waals surface area contributed by atoms with Crippen molar-refractivity contribution < 1.29 is 32.7 Å². The zero-order valence-electron chi connectivity index (χ0n) is 4.28. The summed E-state index contributed by atoms with van der Waals surface area (Å²) in [6.07, 6.45) is 0. The van der Waals surface area contributed by atoms with Gasteiger partial charge in [-0.25, -0.2) is 0 Å². The van der Waals surface area contributed by atoms with Gasteiger partial charge in [0, 0.05) is 0 Å². The maximum atomic E-state index is 3.25. The van der Waals surface area contributed by atoms with Crippen LogP contribution in [0.25, 0.3) is 0 Å². The van der Waals surface area contributed by atoms with Crippen LogP contribution in [0.4, 0.5) is 0 Å². The van der Waals surface area contributed by atoms with Gasteiger partial charge in [-0.15, -0.1) is 0 Å². The predicted octanol–water partition coefficient (Wildman–Crippen LogP) is 1.74. The minimum absolute atomic E-state index is 0. The molecule has 0 bridgehead atoms. The van der Waals surface area contributed by atoms with Crippen molar-refractivity contribution in [3.63, 3.8) is 0 Å². The third kappa shape index (κ3) is 40.4. The van der Waals surface area contributed by atoms with Crippen LogP contribution < -0.4 is 0 Å². The van der Waals surface area contributed by atoms with Crippen molar-refractivity contribution in [1.82, 2.24) is 0 Å². The molecule has 0 nitrogen and oxygen atoms in total. The van der Waals surface area contributed by atoms with Gasteiger partial charge in [0.05, 0.1) is 0 Å². The van der Waals surface area contributed by atoms with Crippen molar-refractivity contribution in [2.24, 2.45) is 0 Å². The van der Waals surface area contributed by atoms with Gasteiger partial charge in [0.15, 0.2) is 0 Å². The first-order valence-electron chi connectivity index (χ1n) is 0.707. The van der Waals surface area contributed by atoms with E-state index in [0.29, 0.717) is 0 Å². The maximum absolute atomic E-state index is 3.25. The molecule has 0 aliphatic carbocycles. The van der Waals surface area contributed by atoms with Gasteiger partial charge in [-0.05, 0) is 0 Å². The molecule has 0 spiro atoms. The predicted molar refractivity (Wildman–Crippen MR) is 23.9 cm³/mol. The molecule has 0 N–H and O–H groups in total. The molecule has 0 heterocycles. The molecule has 0 saturated heterocycles. The summed E-state index contributed by atoms with van der Waals surface area (Å²) in [5, 5.41) is 0. The third-order valence-electron chi connectivity index (χ3n) is 0. The van der Waals surface area contributed by atoms with Crippen LogP contribution in [0.1, 0.15) is 6.92 Å². The maximum Gasteiger partial charge on any atom is 3.00 e. The molecule has 0 radical (unpaired) electrons. The molecule has 0 aromatic rings. The zero-order valence-corrected chi connectivity index (χ0v) is 7.12. The molecule has 0 saturated carbocycles. The molecule has 0 fully saturated rings. The van der Waals surface area contributed by atoms with Gasteiger partial charge < -0.3 is 21.8 Å². The van der Waals surface area contributed by atoms with E-state index in [9.17, 15) is 0 Å². The third-order valence-corrected chi connectivity index (χ3v) is 0. The Morgan fingerprint density at radius 2 is 1.00 bits per heavy atom. The molecule has 0 atom stereocenters. The summed E-state index contributed by atoms with van der Waals surface area (Å²) in [4.78, 5) is 0. The van der Waals surface area contributed by atoms with E-state index in [-0.39, 0.29) is 47.6 Å². The molecule has 0 aliphatic heterocycles. The van der Waals surface area contributed by atoms with Crippen molar-refractivity contribution in [2.75, 3.05) is 0 Å². The molecule has 0 aromatic heterocycles. The summed E-state index contributed by atoms with van der Waals surface area (Å²) in [5.74, 6) is 0. The standard InChI is InChI=1S/C2H5.2CH3.Y/c1-2;;;/h1H2,2H3;2*1H3;/q3*-1;+3. The second kappa shape index (κ2) is 70.5. The van der Waals surface area contributed by atoms with Gasteiger partial charge in [-0.1, -0.05) is 0 Å². The average molecular weight is 148 g/mol. The number of hydrogen-bond acceptors (Lipinski definition) is 0. The Hall–Kier alpha value is 1.10. The average Bonchev–Trinajstić information content (AvgIpc) is 1.00. The molecule has 0 unspecified atom stereocenters. The van der Waals surface area contributed by atoms with Crippen molar-refractivity contribution >= 4 is 0 Å². The van der Waals surface area contributed by atoms with Crippen LogP contribution in [0.15, 0.2) is 0 Å². The van der Waals surface area contributed by atoms with Gasteiger partial charge in [0.2, 0.25) is 0 Å². The van der Waals surface area contributed by atoms with Crippen LogP contribution in [-0.4, -0.2) is 0 Å². The Kier molecular flexibility index (Phi) is 507. The molecule has 0 aliphatic rings. The number of rotatable bonds is 0. The monoisotopic (exact) mass is 148 g/mol. The van der Waals surface area contributed by atoms with E-state index in [0.717, 1.165) is 0 Å². The first-order chi connectivity index (χ1) is 1.00. The van der Waals surface area contributed by atoms with E-state index < -0.39 is 0 Å². The van der Waals surface area contributed by atoms with Crippen LogP contribution >= 0.6 is 0 Å².